The number of thiocarbonyl (C=S) groups is 1. The van der Waals surface area contributed by atoms with Gasteiger partial charge < -0.3 is 5.32 Å². The molecule has 0 heterocycles. The molecule has 0 bridgehead atoms. The third-order valence-corrected chi connectivity index (χ3v) is 3.03. The minimum absolute atomic E-state index is 0.297. The van der Waals surface area contributed by atoms with E-state index in [1.54, 1.807) is 6.21 Å². The van der Waals surface area contributed by atoms with Crippen molar-refractivity contribution in [2.75, 3.05) is 0 Å². The van der Waals surface area contributed by atoms with Crippen molar-refractivity contribution in [1.29, 1.82) is 0 Å². The molecule has 0 saturated heterocycles. The number of nitrogens with zero attached hydrogens (tertiary/aromatic N) is 1. The molecule has 2 aromatic carbocycles. The smallest absolute Gasteiger partial charge is 0.187 e. The molecule has 0 aliphatic rings. The quantitative estimate of drug-likeness (QED) is 0.515. The SMILES string of the molecule is CC(C)NC(=S)NN=Cc1ccc(-c2ccccc2)cc1. The van der Waals surface area contributed by atoms with E-state index in [0.29, 0.717) is 11.2 Å². The van der Waals surface area contributed by atoms with Crippen LogP contribution in [0.1, 0.15) is 19.4 Å². The molecule has 4 heteroatoms. The predicted octanol–water partition coefficient (Wildman–Crippen LogP) is 3.56. The van der Waals surface area contributed by atoms with Gasteiger partial charge in [0.2, 0.25) is 0 Å². The van der Waals surface area contributed by atoms with Gasteiger partial charge in [-0.1, -0.05) is 54.6 Å². The Morgan fingerprint density at radius 2 is 1.62 bits per heavy atom. The number of nitrogens with one attached hydrogen (secondary N) is 2. The summed E-state index contributed by atoms with van der Waals surface area (Å²) in [6.07, 6.45) is 1.75. The highest BCUT2D eigenvalue weighted by Crippen LogP contribution is 2.18. The second kappa shape index (κ2) is 7.55. The molecule has 0 atom stereocenters. The Bertz CT molecular complexity index is 604. The highest BCUT2D eigenvalue weighted by atomic mass is 32.1. The van der Waals surface area contributed by atoms with Crippen LogP contribution in [0.15, 0.2) is 59.7 Å². The Morgan fingerprint density at radius 3 is 2.24 bits per heavy atom. The van der Waals surface area contributed by atoms with E-state index in [4.69, 9.17) is 12.2 Å². The lowest BCUT2D eigenvalue weighted by atomic mass is 10.0. The Kier molecular flexibility index (Phi) is 5.46. The first-order chi connectivity index (χ1) is 10.1. The lowest BCUT2D eigenvalue weighted by Gasteiger charge is -2.09. The minimum atomic E-state index is 0.297. The van der Waals surface area contributed by atoms with Crippen LogP contribution in [0, 0.1) is 0 Å². The van der Waals surface area contributed by atoms with E-state index in [0.717, 1.165) is 5.56 Å². The van der Waals surface area contributed by atoms with Gasteiger partial charge in [0.1, 0.15) is 0 Å². The molecule has 0 aromatic heterocycles. The van der Waals surface area contributed by atoms with Gasteiger partial charge >= 0.3 is 0 Å². The Balaban J connectivity index is 1.95. The summed E-state index contributed by atoms with van der Waals surface area (Å²) in [5.41, 5.74) is 6.22. The summed E-state index contributed by atoms with van der Waals surface area (Å²) in [6.45, 7) is 4.06. The summed E-state index contributed by atoms with van der Waals surface area (Å²) in [7, 11) is 0. The number of rotatable bonds is 4. The number of hydrogen-bond acceptors (Lipinski definition) is 2. The molecule has 3 nitrogen and oxygen atoms in total. The van der Waals surface area contributed by atoms with E-state index in [-0.39, 0.29) is 0 Å². The van der Waals surface area contributed by atoms with E-state index in [1.165, 1.54) is 11.1 Å². The van der Waals surface area contributed by atoms with Crippen LogP contribution in [-0.2, 0) is 0 Å². The predicted molar refractivity (Wildman–Crippen MR) is 93.5 cm³/mol. The van der Waals surface area contributed by atoms with Crippen LogP contribution in [0.2, 0.25) is 0 Å². The van der Waals surface area contributed by atoms with E-state index < -0.39 is 0 Å². The Labute approximate surface area is 131 Å². The third kappa shape index (κ3) is 5.00. The highest BCUT2D eigenvalue weighted by molar-refractivity contribution is 7.80. The van der Waals surface area contributed by atoms with Gasteiger partial charge in [0, 0.05) is 6.04 Å². The van der Waals surface area contributed by atoms with Crippen LogP contribution in [0.4, 0.5) is 0 Å². The number of hydrazone groups is 1. The molecule has 108 valence electrons. The monoisotopic (exact) mass is 297 g/mol. The lowest BCUT2D eigenvalue weighted by Crippen LogP contribution is -2.36. The maximum Gasteiger partial charge on any atom is 0.187 e. The normalized spacial score (nSPS) is 10.8. The molecule has 0 fully saturated rings. The first-order valence-corrected chi connectivity index (χ1v) is 7.31. The fourth-order valence-electron chi connectivity index (χ4n) is 1.85. The molecule has 0 aliphatic carbocycles. The van der Waals surface area contributed by atoms with E-state index in [1.807, 2.05) is 44.2 Å². The Morgan fingerprint density at radius 1 is 1.00 bits per heavy atom. The molecule has 2 N–H and O–H groups in total. The number of hydrogen-bond donors (Lipinski definition) is 2. The first kappa shape index (κ1) is 15.2. The zero-order valence-corrected chi connectivity index (χ0v) is 13.0. The molecule has 0 spiro atoms. The average Bonchev–Trinajstić information content (AvgIpc) is 2.48. The summed E-state index contributed by atoms with van der Waals surface area (Å²) in [5, 5.41) is 7.71. The van der Waals surface area contributed by atoms with Crippen molar-refractivity contribution in [1.82, 2.24) is 10.7 Å². The summed E-state index contributed by atoms with van der Waals surface area (Å²) in [6, 6.07) is 18.8. The molecule has 0 radical (unpaired) electrons. The summed E-state index contributed by atoms with van der Waals surface area (Å²) >= 11 is 5.09. The van der Waals surface area contributed by atoms with Gasteiger partial charge in [-0.15, -0.1) is 0 Å². The molecule has 21 heavy (non-hydrogen) atoms. The van der Waals surface area contributed by atoms with Crippen LogP contribution < -0.4 is 10.7 Å². The van der Waals surface area contributed by atoms with Crippen molar-refractivity contribution in [2.24, 2.45) is 5.10 Å². The van der Waals surface area contributed by atoms with Gasteiger partial charge in [-0.3, -0.25) is 5.43 Å². The second-order valence-electron chi connectivity index (χ2n) is 4.99. The molecule has 0 aliphatic heterocycles. The van der Waals surface area contributed by atoms with E-state index >= 15 is 0 Å². The van der Waals surface area contributed by atoms with Crippen molar-refractivity contribution >= 4 is 23.5 Å². The third-order valence-electron chi connectivity index (χ3n) is 2.82. The van der Waals surface area contributed by atoms with Crippen LogP contribution >= 0.6 is 12.2 Å². The first-order valence-electron chi connectivity index (χ1n) is 6.90. The summed E-state index contributed by atoms with van der Waals surface area (Å²) in [4.78, 5) is 0. The largest absolute Gasteiger partial charge is 0.359 e. The van der Waals surface area contributed by atoms with Crippen molar-refractivity contribution in [2.45, 2.75) is 19.9 Å². The maximum absolute atomic E-state index is 5.09. The molecule has 0 unspecified atom stereocenters. The molecule has 0 saturated carbocycles. The standard InChI is InChI=1S/C17H19N3S/c1-13(2)19-17(21)20-18-12-14-8-10-16(11-9-14)15-6-4-3-5-7-15/h3-13H,1-2H3,(H2,19,20,21). The van der Waals surface area contributed by atoms with Crippen molar-refractivity contribution in [3.63, 3.8) is 0 Å². The lowest BCUT2D eigenvalue weighted by molar-refractivity contribution is 0.720. The van der Waals surface area contributed by atoms with Crippen molar-refractivity contribution in [3.8, 4) is 11.1 Å². The zero-order chi connectivity index (χ0) is 15.1. The van der Waals surface area contributed by atoms with Gasteiger partial charge in [-0.2, -0.15) is 5.10 Å². The Hall–Kier alpha value is -2.20. The molecule has 2 rings (SSSR count). The fourth-order valence-corrected chi connectivity index (χ4v) is 2.14. The number of benzene rings is 2. The molecular formula is C17H19N3S. The molecular weight excluding hydrogens is 278 g/mol. The summed E-state index contributed by atoms with van der Waals surface area (Å²) in [5.74, 6) is 0. The molecule has 2 aromatic rings. The van der Waals surface area contributed by atoms with Gasteiger partial charge in [0.05, 0.1) is 6.21 Å². The van der Waals surface area contributed by atoms with Crippen LogP contribution in [0.3, 0.4) is 0 Å². The van der Waals surface area contributed by atoms with Crippen LogP contribution in [-0.4, -0.2) is 17.4 Å². The van der Waals surface area contributed by atoms with Gasteiger partial charge in [0.25, 0.3) is 0 Å². The second-order valence-corrected chi connectivity index (χ2v) is 5.39. The van der Waals surface area contributed by atoms with Crippen molar-refractivity contribution in [3.05, 3.63) is 60.2 Å². The minimum Gasteiger partial charge on any atom is -0.359 e. The van der Waals surface area contributed by atoms with Crippen LogP contribution in [0.5, 0.6) is 0 Å². The average molecular weight is 297 g/mol. The van der Waals surface area contributed by atoms with E-state index in [2.05, 4.69) is 40.1 Å². The van der Waals surface area contributed by atoms with Gasteiger partial charge in [-0.05, 0) is 42.8 Å². The van der Waals surface area contributed by atoms with E-state index in [9.17, 15) is 0 Å². The van der Waals surface area contributed by atoms with Gasteiger partial charge in [-0.25, -0.2) is 0 Å². The van der Waals surface area contributed by atoms with Crippen molar-refractivity contribution < 1.29 is 0 Å². The highest BCUT2D eigenvalue weighted by Gasteiger charge is 1.97. The summed E-state index contributed by atoms with van der Waals surface area (Å²) < 4.78 is 0. The zero-order valence-electron chi connectivity index (χ0n) is 12.2. The molecule has 0 amide bonds. The van der Waals surface area contributed by atoms with Crippen LogP contribution in [0.25, 0.3) is 11.1 Å². The van der Waals surface area contributed by atoms with Gasteiger partial charge in [0.15, 0.2) is 5.11 Å². The maximum atomic E-state index is 5.09. The fraction of sp³-hybridized carbons (Fsp3) is 0.176. The topological polar surface area (TPSA) is 36.4 Å².